The first-order chi connectivity index (χ1) is 9.47. The second-order valence-electron chi connectivity index (χ2n) is 5.98. The molecular weight excluding hydrogens is 295 g/mol. The predicted octanol–water partition coefficient (Wildman–Crippen LogP) is 2.96. The maximum absolute atomic E-state index is 9.80. The van der Waals surface area contributed by atoms with Gasteiger partial charge in [-0.3, -0.25) is 4.90 Å². The quantitative estimate of drug-likeness (QED) is 0.896. The highest BCUT2D eigenvalue weighted by atomic mass is 35.5. The summed E-state index contributed by atoms with van der Waals surface area (Å²) in [7, 11) is 0. The maximum atomic E-state index is 9.80. The molecule has 0 radical (unpaired) electrons. The third kappa shape index (κ3) is 3.29. The van der Waals surface area contributed by atoms with E-state index in [4.69, 9.17) is 23.2 Å². The van der Waals surface area contributed by atoms with Gasteiger partial charge in [0.15, 0.2) is 0 Å². The molecule has 2 N–H and O–H groups in total. The molecule has 0 aliphatic carbocycles. The van der Waals surface area contributed by atoms with E-state index in [9.17, 15) is 5.11 Å². The lowest BCUT2D eigenvalue weighted by molar-refractivity contribution is 0.0306. The fourth-order valence-electron chi connectivity index (χ4n) is 2.87. The molecule has 1 atom stereocenters. The van der Waals surface area contributed by atoms with Crippen molar-refractivity contribution in [2.45, 2.75) is 19.9 Å². The molecule has 0 amide bonds. The number of nitrogens with one attached hydrogen (secondary N) is 1. The Labute approximate surface area is 130 Å². The molecule has 0 spiro atoms. The number of halogens is 2. The van der Waals surface area contributed by atoms with Crippen LogP contribution in [0.5, 0.6) is 0 Å². The zero-order chi connectivity index (χ0) is 14.8. The Bertz CT molecular complexity index is 459. The van der Waals surface area contributed by atoms with E-state index in [1.165, 1.54) is 0 Å². The van der Waals surface area contributed by atoms with Crippen LogP contribution in [-0.4, -0.2) is 42.8 Å². The van der Waals surface area contributed by atoms with Crippen molar-refractivity contribution in [3.05, 3.63) is 33.8 Å². The number of hydrogen-bond donors (Lipinski definition) is 2. The van der Waals surface area contributed by atoms with Crippen molar-refractivity contribution in [1.29, 1.82) is 0 Å². The first-order valence-electron chi connectivity index (χ1n) is 6.97. The first kappa shape index (κ1) is 16.1. The van der Waals surface area contributed by atoms with Crippen LogP contribution in [0.25, 0.3) is 0 Å². The fraction of sp³-hybridized carbons (Fsp3) is 0.600. The largest absolute Gasteiger partial charge is 0.396 e. The highest BCUT2D eigenvalue weighted by molar-refractivity contribution is 6.42. The van der Waals surface area contributed by atoms with E-state index >= 15 is 0 Å². The molecule has 0 saturated carbocycles. The molecule has 1 heterocycles. The normalized spacial score (nSPS) is 19.1. The molecule has 1 aromatic carbocycles. The Balaban J connectivity index is 2.42. The lowest BCUT2D eigenvalue weighted by Crippen LogP contribution is -2.49. The van der Waals surface area contributed by atoms with Gasteiger partial charge in [-0.05, 0) is 11.6 Å². The van der Waals surface area contributed by atoms with Gasteiger partial charge in [0, 0.05) is 44.2 Å². The summed E-state index contributed by atoms with van der Waals surface area (Å²) in [5, 5.41) is 14.3. The summed E-state index contributed by atoms with van der Waals surface area (Å²) in [6, 6.07) is 5.79. The van der Waals surface area contributed by atoms with Crippen molar-refractivity contribution < 1.29 is 5.11 Å². The fourth-order valence-corrected chi connectivity index (χ4v) is 3.28. The average Bonchev–Trinajstić information content (AvgIpc) is 2.45. The van der Waals surface area contributed by atoms with E-state index in [0.717, 1.165) is 31.7 Å². The van der Waals surface area contributed by atoms with Crippen LogP contribution < -0.4 is 5.32 Å². The minimum absolute atomic E-state index is 0.0563. The molecule has 1 saturated heterocycles. The van der Waals surface area contributed by atoms with Gasteiger partial charge in [0.25, 0.3) is 0 Å². The smallest absolute Gasteiger partial charge is 0.0640 e. The summed E-state index contributed by atoms with van der Waals surface area (Å²) in [6.45, 7) is 8.03. The molecule has 1 fully saturated rings. The summed E-state index contributed by atoms with van der Waals surface area (Å²) in [6.07, 6.45) is 0. The number of aliphatic hydroxyl groups excluding tert-OH is 1. The summed E-state index contributed by atoms with van der Waals surface area (Å²) in [5.74, 6) is 0. The van der Waals surface area contributed by atoms with Crippen molar-refractivity contribution in [2.24, 2.45) is 5.41 Å². The minimum atomic E-state index is -0.286. The van der Waals surface area contributed by atoms with E-state index in [1.807, 2.05) is 12.1 Å². The Kier molecular flexibility index (Phi) is 5.32. The highest BCUT2D eigenvalue weighted by Crippen LogP contribution is 2.42. The number of piperazine rings is 1. The zero-order valence-electron chi connectivity index (χ0n) is 12.0. The number of nitrogens with zero attached hydrogens (tertiary/aromatic N) is 1. The van der Waals surface area contributed by atoms with Gasteiger partial charge >= 0.3 is 0 Å². The molecule has 112 valence electrons. The number of benzene rings is 1. The molecule has 1 aromatic rings. The van der Waals surface area contributed by atoms with Gasteiger partial charge in [-0.1, -0.05) is 49.2 Å². The van der Waals surface area contributed by atoms with Gasteiger partial charge < -0.3 is 10.4 Å². The third-order valence-electron chi connectivity index (χ3n) is 3.94. The van der Waals surface area contributed by atoms with Gasteiger partial charge in [-0.2, -0.15) is 0 Å². The van der Waals surface area contributed by atoms with Crippen LogP contribution in [0.4, 0.5) is 0 Å². The third-order valence-corrected chi connectivity index (χ3v) is 4.77. The molecule has 1 aliphatic rings. The van der Waals surface area contributed by atoms with Gasteiger partial charge in [-0.15, -0.1) is 0 Å². The molecule has 0 bridgehead atoms. The highest BCUT2D eigenvalue weighted by Gasteiger charge is 2.37. The van der Waals surface area contributed by atoms with Gasteiger partial charge in [-0.25, -0.2) is 0 Å². The summed E-state index contributed by atoms with van der Waals surface area (Å²) in [4.78, 5) is 2.38. The molecular formula is C15H22Cl2N2O. The summed E-state index contributed by atoms with van der Waals surface area (Å²) >= 11 is 12.6. The van der Waals surface area contributed by atoms with Crippen molar-refractivity contribution in [2.75, 3.05) is 32.8 Å². The summed E-state index contributed by atoms with van der Waals surface area (Å²) < 4.78 is 0. The number of aliphatic hydroxyl groups is 1. The Morgan fingerprint density at radius 1 is 1.30 bits per heavy atom. The van der Waals surface area contributed by atoms with Gasteiger partial charge in [0.1, 0.15) is 0 Å². The van der Waals surface area contributed by atoms with E-state index in [-0.39, 0.29) is 18.1 Å². The molecule has 0 aromatic heterocycles. The number of rotatable bonds is 4. The standard InChI is InChI=1S/C15H22Cl2N2O/c1-15(2,10-20)14(19-8-6-18-7-9-19)11-4-3-5-12(16)13(11)17/h3-5,14,18,20H,6-10H2,1-2H3/t14-/m0/s1. The van der Waals surface area contributed by atoms with Crippen molar-refractivity contribution in [1.82, 2.24) is 10.2 Å². The van der Waals surface area contributed by atoms with E-state index in [1.54, 1.807) is 6.07 Å². The van der Waals surface area contributed by atoms with Crippen molar-refractivity contribution in [3.63, 3.8) is 0 Å². The molecule has 3 nitrogen and oxygen atoms in total. The minimum Gasteiger partial charge on any atom is -0.396 e. The summed E-state index contributed by atoms with van der Waals surface area (Å²) in [5.41, 5.74) is 0.714. The Morgan fingerprint density at radius 2 is 1.95 bits per heavy atom. The van der Waals surface area contributed by atoms with Crippen LogP contribution in [-0.2, 0) is 0 Å². The van der Waals surface area contributed by atoms with Crippen LogP contribution in [0.2, 0.25) is 10.0 Å². The topological polar surface area (TPSA) is 35.5 Å². The molecule has 0 unspecified atom stereocenters. The second kappa shape index (κ2) is 6.63. The molecule has 2 rings (SSSR count). The monoisotopic (exact) mass is 316 g/mol. The SMILES string of the molecule is CC(C)(CO)[C@H](c1cccc(Cl)c1Cl)N1CCNCC1. The van der Waals surface area contributed by atoms with Crippen molar-refractivity contribution >= 4 is 23.2 Å². The lowest BCUT2D eigenvalue weighted by atomic mass is 9.79. The first-order valence-corrected chi connectivity index (χ1v) is 7.72. The van der Waals surface area contributed by atoms with Crippen LogP contribution in [0.1, 0.15) is 25.5 Å². The molecule has 20 heavy (non-hydrogen) atoms. The lowest BCUT2D eigenvalue weighted by Gasteiger charge is -2.43. The van der Waals surface area contributed by atoms with Crippen LogP contribution >= 0.6 is 23.2 Å². The zero-order valence-corrected chi connectivity index (χ0v) is 13.5. The van der Waals surface area contributed by atoms with Gasteiger partial charge in [0.2, 0.25) is 0 Å². The maximum Gasteiger partial charge on any atom is 0.0640 e. The van der Waals surface area contributed by atoms with Crippen LogP contribution in [0.3, 0.4) is 0 Å². The van der Waals surface area contributed by atoms with E-state index in [2.05, 4.69) is 24.1 Å². The van der Waals surface area contributed by atoms with Crippen LogP contribution in [0, 0.1) is 5.41 Å². The van der Waals surface area contributed by atoms with E-state index in [0.29, 0.717) is 10.0 Å². The average molecular weight is 317 g/mol. The predicted molar refractivity (Wildman–Crippen MR) is 84.5 cm³/mol. The molecule has 1 aliphatic heterocycles. The van der Waals surface area contributed by atoms with E-state index < -0.39 is 0 Å². The second-order valence-corrected chi connectivity index (χ2v) is 6.76. The Morgan fingerprint density at radius 3 is 2.55 bits per heavy atom. The molecule has 5 heteroatoms. The van der Waals surface area contributed by atoms with Crippen LogP contribution in [0.15, 0.2) is 18.2 Å². The number of hydrogen-bond acceptors (Lipinski definition) is 3. The van der Waals surface area contributed by atoms with Crippen molar-refractivity contribution in [3.8, 4) is 0 Å². The van der Waals surface area contributed by atoms with Gasteiger partial charge in [0.05, 0.1) is 10.0 Å². The Hall–Kier alpha value is -0.320.